The first-order chi connectivity index (χ1) is 9.90. The summed E-state index contributed by atoms with van der Waals surface area (Å²) >= 11 is 0. The van der Waals surface area contributed by atoms with Gasteiger partial charge in [0.1, 0.15) is 0 Å². The van der Waals surface area contributed by atoms with Crippen LogP contribution in [0.5, 0.6) is 17.2 Å². The molecule has 0 aromatic heterocycles. The summed E-state index contributed by atoms with van der Waals surface area (Å²) in [6.45, 7) is 0. The Labute approximate surface area is 115 Å². The van der Waals surface area contributed by atoms with Crippen LogP contribution in [0.4, 0.5) is 22.0 Å². The summed E-state index contributed by atoms with van der Waals surface area (Å²) in [5.41, 5.74) is 0. The number of hydrogen-bond donors (Lipinski definition) is 0. The van der Waals surface area contributed by atoms with Crippen molar-refractivity contribution < 1.29 is 36.2 Å². The van der Waals surface area contributed by atoms with Crippen molar-refractivity contribution in [3.8, 4) is 17.2 Å². The Balaban J connectivity index is 3.17. The van der Waals surface area contributed by atoms with Crippen molar-refractivity contribution >= 4 is 10.8 Å². The minimum Gasteiger partial charge on any atom is -0.493 e. The van der Waals surface area contributed by atoms with E-state index in [1.165, 1.54) is 0 Å². The minimum absolute atomic E-state index is 0.716. The molecule has 0 aliphatic rings. The van der Waals surface area contributed by atoms with Gasteiger partial charge in [-0.15, -0.1) is 0 Å². The van der Waals surface area contributed by atoms with Gasteiger partial charge in [-0.1, -0.05) is 0 Å². The lowest BCUT2D eigenvalue weighted by atomic mass is 10.0. The number of halogens is 5. The van der Waals surface area contributed by atoms with E-state index < -0.39 is 57.1 Å². The summed E-state index contributed by atoms with van der Waals surface area (Å²) in [5, 5.41) is -2.04. The monoisotopic (exact) mass is 308 g/mol. The Kier molecular flexibility index (Phi) is 3.80. The zero-order chi connectivity index (χ0) is 15.9. The van der Waals surface area contributed by atoms with Crippen LogP contribution in [0.15, 0.2) is 0 Å². The van der Waals surface area contributed by atoms with Crippen LogP contribution in [0.3, 0.4) is 0 Å². The molecule has 0 spiro atoms. The lowest BCUT2D eigenvalue weighted by Gasteiger charge is -2.16. The van der Waals surface area contributed by atoms with E-state index in [1.54, 1.807) is 0 Å². The van der Waals surface area contributed by atoms with E-state index in [0.29, 0.717) is 0 Å². The van der Waals surface area contributed by atoms with Gasteiger partial charge in [0.2, 0.25) is 17.3 Å². The average Bonchev–Trinajstić information content (AvgIpc) is 2.47. The first kappa shape index (κ1) is 15.1. The molecule has 0 aliphatic heterocycles. The maximum Gasteiger partial charge on any atom is 0.204 e. The molecule has 0 atom stereocenters. The molecular weight excluding hydrogens is 299 g/mol. The standard InChI is InChI=1S/C13H9F5O3/c1-19-11-5-4(6(14)9(17)10(11)18)7(15)12(20-2)13(21-3)8(5)16/h1-3H3. The normalized spacial score (nSPS) is 10.9. The molecule has 0 bridgehead atoms. The Morgan fingerprint density at radius 2 is 0.905 bits per heavy atom. The number of ether oxygens (including phenoxy) is 3. The van der Waals surface area contributed by atoms with Crippen molar-refractivity contribution in [3.63, 3.8) is 0 Å². The second-order valence-electron chi connectivity index (χ2n) is 3.92. The van der Waals surface area contributed by atoms with Gasteiger partial charge in [0.15, 0.2) is 29.0 Å². The molecule has 2 aromatic rings. The molecule has 0 N–H and O–H groups in total. The smallest absolute Gasteiger partial charge is 0.204 e. The lowest BCUT2D eigenvalue weighted by molar-refractivity contribution is 0.322. The predicted molar refractivity (Wildman–Crippen MR) is 63.4 cm³/mol. The van der Waals surface area contributed by atoms with E-state index in [1.807, 2.05) is 0 Å². The molecule has 0 saturated carbocycles. The molecule has 8 heteroatoms. The molecule has 0 heterocycles. The van der Waals surface area contributed by atoms with Crippen LogP contribution < -0.4 is 14.2 Å². The molecule has 0 fully saturated rings. The summed E-state index contributed by atoms with van der Waals surface area (Å²) in [7, 11) is 2.90. The second kappa shape index (κ2) is 5.27. The molecule has 0 unspecified atom stereocenters. The van der Waals surface area contributed by atoms with Gasteiger partial charge in [-0.2, -0.15) is 4.39 Å². The van der Waals surface area contributed by atoms with Crippen LogP contribution in [0.2, 0.25) is 0 Å². The fraction of sp³-hybridized carbons (Fsp3) is 0.231. The zero-order valence-corrected chi connectivity index (χ0v) is 11.1. The molecule has 114 valence electrons. The SMILES string of the molecule is COc1c(OC)c(F)c2c(OC)c(F)c(F)c(F)c2c1F. The van der Waals surface area contributed by atoms with E-state index in [-0.39, 0.29) is 0 Å². The lowest BCUT2D eigenvalue weighted by Crippen LogP contribution is -2.05. The van der Waals surface area contributed by atoms with Crippen molar-refractivity contribution in [2.45, 2.75) is 0 Å². The van der Waals surface area contributed by atoms with Crippen molar-refractivity contribution in [1.29, 1.82) is 0 Å². The molecule has 0 amide bonds. The Morgan fingerprint density at radius 3 is 1.33 bits per heavy atom. The summed E-state index contributed by atoms with van der Waals surface area (Å²) < 4.78 is 83.2. The fourth-order valence-electron chi connectivity index (χ4n) is 2.04. The van der Waals surface area contributed by atoms with E-state index in [9.17, 15) is 22.0 Å². The van der Waals surface area contributed by atoms with E-state index >= 15 is 0 Å². The number of fused-ring (bicyclic) bond motifs is 1. The van der Waals surface area contributed by atoms with Gasteiger partial charge in [0.25, 0.3) is 0 Å². The molecule has 0 radical (unpaired) electrons. The Morgan fingerprint density at radius 1 is 0.476 bits per heavy atom. The highest BCUT2D eigenvalue weighted by Crippen LogP contribution is 2.45. The third-order valence-electron chi connectivity index (χ3n) is 2.94. The first-order valence-corrected chi connectivity index (χ1v) is 5.53. The van der Waals surface area contributed by atoms with Crippen molar-refractivity contribution in [2.75, 3.05) is 21.3 Å². The van der Waals surface area contributed by atoms with E-state index in [4.69, 9.17) is 0 Å². The largest absolute Gasteiger partial charge is 0.493 e. The summed E-state index contributed by atoms with van der Waals surface area (Å²) in [5.74, 6) is -10.9. The van der Waals surface area contributed by atoms with Crippen LogP contribution in [0, 0.1) is 29.1 Å². The van der Waals surface area contributed by atoms with Crippen LogP contribution in [-0.4, -0.2) is 21.3 Å². The van der Waals surface area contributed by atoms with Crippen LogP contribution >= 0.6 is 0 Å². The van der Waals surface area contributed by atoms with Gasteiger partial charge >= 0.3 is 0 Å². The average molecular weight is 308 g/mol. The van der Waals surface area contributed by atoms with Gasteiger partial charge in [-0.05, 0) is 0 Å². The Bertz CT molecular complexity index is 730. The summed E-state index contributed by atoms with van der Waals surface area (Å²) in [4.78, 5) is 0. The number of methoxy groups -OCH3 is 3. The van der Waals surface area contributed by atoms with Gasteiger partial charge in [-0.25, -0.2) is 17.6 Å². The van der Waals surface area contributed by atoms with E-state index in [0.717, 1.165) is 21.3 Å². The van der Waals surface area contributed by atoms with Crippen LogP contribution in [-0.2, 0) is 0 Å². The van der Waals surface area contributed by atoms with Gasteiger partial charge < -0.3 is 14.2 Å². The maximum absolute atomic E-state index is 14.3. The molecule has 21 heavy (non-hydrogen) atoms. The first-order valence-electron chi connectivity index (χ1n) is 5.53. The van der Waals surface area contributed by atoms with Crippen molar-refractivity contribution in [2.24, 2.45) is 0 Å². The minimum atomic E-state index is -1.98. The van der Waals surface area contributed by atoms with Gasteiger partial charge in [0.05, 0.1) is 32.1 Å². The molecular formula is C13H9F5O3. The highest BCUT2D eigenvalue weighted by Gasteiger charge is 2.31. The third kappa shape index (κ3) is 1.93. The summed E-state index contributed by atoms with van der Waals surface area (Å²) in [6.07, 6.45) is 0. The molecule has 3 nitrogen and oxygen atoms in total. The molecule has 0 aliphatic carbocycles. The summed E-state index contributed by atoms with van der Waals surface area (Å²) in [6, 6.07) is 0. The predicted octanol–water partition coefficient (Wildman–Crippen LogP) is 3.56. The van der Waals surface area contributed by atoms with Gasteiger partial charge in [-0.3, -0.25) is 0 Å². The highest BCUT2D eigenvalue weighted by atomic mass is 19.2. The Hall–Kier alpha value is -2.25. The maximum atomic E-state index is 14.3. The van der Waals surface area contributed by atoms with E-state index in [2.05, 4.69) is 14.2 Å². The second-order valence-corrected chi connectivity index (χ2v) is 3.92. The van der Waals surface area contributed by atoms with Gasteiger partial charge in [0, 0.05) is 0 Å². The topological polar surface area (TPSA) is 27.7 Å². The molecule has 2 rings (SSSR count). The molecule has 2 aromatic carbocycles. The zero-order valence-electron chi connectivity index (χ0n) is 11.1. The van der Waals surface area contributed by atoms with Crippen LogP contribution in [0.1, 0.15) is 0 Å². The number of rotatable bonds is 3. The highest BCUT2D eigenvalue weighted by molar-refractivity contribution is 5.93. The number of benzene rings is 2. The fourth-order valence-corrected chi connectivity index (χ4v) is 2.04. The number of hydrogen-bond acceptors (Lipinski definition) is 3. The quantitative estimate of drug-likeness (QED) is 0.641. The molecule has 0 saturated heterocycles. The van der Waals surface area contributed by atoms with Crippen LogP contribution in [0.25, 0.3) is 10.8 Å². The van der Waals surface area contributed by atoms with Crippen molar-refractivity contribution in [3.05, 3.63) is 29.1 Å². The van der Waals surface area contributed by atoms with Crippen molar-refractivity contribution in [1.82, 2.24) is 0 Å². The third-order valence-corrected chi connectivity index (χ3v) is 2.94.